The third-order valence-corrected chi connectivity index (χ3v) is 7.73. The number of rotatable bonds is 6. The highest BCUT2D eigenvalue weighted by molar-refractivity contribution is 5.93. The first kappa shape index (κ1) is 22.3. The molecule has 4 aromatic rings. The van der Waals surface area contributed by atoms with Gasteiger partial charge in [0.2, 0.25) is 0 Å². The monoisotopic (exact) mass is 504 g/mol. The Balaban J connectivity index is 1.28. The van der Waals surface area contributed by atoms with Crippen molar-refractivity contribution in [1.29, 1.82) is 0 Å². The minimum absolute atomic E-state index is 0.192. The first-order chi connectivity index (χ1) is 18.0. The molecule has 0 spiro atoms. The van der Waals surface area contributed by atoms with E-state index in [2.05, 4.69) is 30.9 Å². The summed E-state index contributed by atoms with van der Waals surface area (Å²) in [5.74, 6) is -1.16. The van der Waals surface area contributed by atoms with Crippen molar-refractivity contribution in [3.8, 4) is 11.4 Å². The summed E-state index contributed by atoms with van der Waals surface area (Å²) in [5, 5.41) is 10.8. The molecular weight excluding hydrogens is 481 g/mol. The van der Waals surface area contributed by atoms with Gasteiger partial charge in [-0.25, -0.2) is 23.7 Å². The summed E-state index contributed by atoms with van der Waals surface area (Å²) < 4.78 is 41.0. The van der Waals surface area contributed by atoms with Crippen LogP contribution in [0.1, 0.15) is 30.7 Å². The van der Waals surface area contributed by atoms with Gasteiger partial charge in [0.05, 0.1) is 11.7 Å². The van der Waals surface area contributed by atoms with Crippen molar-refractivity contribution in [3.63, 3.8) is 0 Å². The molecule has 7 rings (SSSR count). The Hall–Kier alpha value is -3.86. The van der Waals surface area contributed by atoms with Crippen LogP contribution < -0.4 is 16.0 Å². The predicted octanol–water partition coefficient (Wildman–Crippen LogP) is 4.54. The molecule has 0 amide bonds. The van der Waals surface area contributed by atoms with Crippen LogP contribution >= 0.6 is 0 Å². The van der Waals surface area contributed by atoms with Gasteiger partial charge in [0.1, 0.15) is 11.6 Å². The Morgan fingerprint density at radius 3 is 2.54 bits per heavy atom. The number of nitrogens with one attached hydrogen (secondary N) is 3. The van der Waals surface area contributed by atoms with Gasteiger partial charge in [-0.2, -0.15) is 9.37 Å². The molecule has 3 atom stereocenters. The summed E-state index contributed by atoms with van der Waals surface area (Å²) >= 11 is 0. The summed E-state index contributed by atoms with van der Waals surface area (Å²) in [6.45, 7) is 2.01. The zero-order chi connectivity index (χ0) is 25.1. The molecule has 1 aliphatic heterocycles. The second-order valence-corrected chi connectivity index (χ2v) is 9.95. The number of aromatic nitrogens is 5. The second-order valence-electron chi connectivity index (χ2n) is 9.95. The van der Waals surface area contributed by atoms with E-state index < -0.39 is 23.4 Å². The highest BCUT2D eigenvalue weighted by Crippen LogP contribution is 2.46. The number of hydrogen-bond acceptors (Lipinski definition) is 8. The van der Waals surface area contributed by atoms with Crippen LogP contribution in [0, 0.1) is 29.4 Å². The van der Waals surface area contributed by atoms with Gasteiger partial charge in [-0.1, -0.05) is 6.42 Å². The highest BCUT2D eigenvalue weighted by atomic mass is 19.2. The van der Waals surface area contributed by atoms with Crippen molar-refractivity contribution < 1.29 is 13.2 Å². The van der Waals surface area contributed by atoms with Gasteiger partial charge in [-0.3, -0.25) is 4.98 Å². The van der Waals surface area contributed by atoms with Crippen LogP contribution in [-0.4, -0.2) is 44.1 Å². The quantitative estimate of drug-likeness (QED) is 0.329. The first-order valence-corrected chi connectivity index (χ1v) is 12.4. The standard InChI is InChI=1S/C26H23F3N8/c27-17-7-18(28)25(36-23(17)29)34-20-6-13(4-5-32-20)24-33-19-11-31-8-14(12-2-1-3-12)21(19)26(37-24)35-22-15-9-30-10-16(15)22/h4-8,11-12,15-16,22,30H,1-3,9-10H2,(H,32,34,36)(H,33,35,37)/t15-,16+,22?. The molecule has 0 bridgehead atoms. The molecule has 0 radical (unpaired) electrons. The second kappa shape index (κ2) is 8.62. The number of pyridine rings is 3. The van der Waals surface area contributed by atoms with E-state index in [9.17, 15) is 13.2 Å². The van der Waals surface area contributed by atoms with E-state index in [1.807, 2.05) is 6.20 Å². The third-order valence-electron chi connectivity index (χ3n) is 7.73. The molecule has 3 fully saturated rings. The van der Waals surface area contributed by atoms with E-state index in [1.54, 1.807) is 18.3 Å². The Morgan fingerprint density at radius 2 is 1.76 bits per heavy atom. The lowest BCUT2D eigenvalue weighted by atomic mass is 9.79. The van der Waals surface area contributed by atoms with Crippen molar-refractivity contribution in [2.75, 3.05) is 23.7 Å². The first-order valence-electron chi connectivity index (χ1n) is 12.4. The fourth-order valence-corrected chi connectivity index (χ4v) is 5.45. The number of anilines is 3. The van der Waals surface area contributed by atoms with Crippen molar-refractivity contribution in [3.05, 3.63) is 59.9 Å². The Morgan fingerprint density at radius 1 is 0.919 bits per heavy atom. The minimum atomic E-state index is -1.40. The van der Waals surface area contributed by atoms with Crippen molar-refractivity contribution in [1.82, 2.24) is 30.2 Å². The Kier molecular flexibility index (Phi) is 5.20. The maximum Gasteiger partial charge on any atom is 0.251 e. The van der Waals surface area contributed by atoms with Gasteiger partial charge >= 0.3 is 0 Å². The number of piperidine rings is 1. The fraction of sp³-hybridized carbons (Fsp3) is 0.346. The minimum Gasteiger partial charge on any atom is -0.366 e. The zero-order valence-corrected chi connectivity index (χ0v) is 19.7. The lowest BCUT2D eigenvalue weighted by Gasteiger charge is -2.27. The number of nitrogens with zero attached hydrogens (tertiary/aromatic N) is 5. The molecule has 5 heterocycles. The van der Waals surface area contributed by atoms with Crippen LogP contribution in [0.5, 0.6) is 0 Å². The van der Waals surface area contributed by atoms with E-state index >= 15 is 0 Å². The van der Waals surface area contributed by atoms with Gasteiger partial charge in [0, 0.05) is 48.5 Å². The van der Waals surface area contributed by atoms with Gasteiger partial charge in [0.25, 0.3) is 5.95 Å². The van der Waals surface area contributed by atoms with E-state index in [0.29, 0.717) is 41.2 Å². The number of halogens is 3. The number of fused-ring (bicyclic) bond motifs is 2. The fourth-order valence-electron chi connectivity index (χ4n) is 5.45. The van der Waals surface area contributed by atoms with Crippen LogP contribution in [0.25, 0.3) is 22.3 Å². The van der Waals surface area contributed by atoms with Crippen molar-refractivity contribution in [2.45, 2.75) is 31.2 Å². The average molecular weight is 505 g/mol. The molecule has 11 heteroatoms. The van der Waals surface area contributed by atoms with Crippen LogP contribution in [-0.2, 0) is 0 Å². The molecule has 1 saturated heterocycles. The van der Waals surface area contributed by atoms with Gasteiger partial charge in [-0.15, -0.1) is 0 Å². The summed E-state index contributed by atoms with van der Waals surface area (Å²) in [4.78, 5) is 21.7. The molecule has 1 unspecified atom stereocenters. The normalized spacial score (nSPS) is 22.5. The Labute approximate surface area is 210 Å². The topological polar surface area (TPSA) is 101 Å². The van der Waals surface area contributed by atoms with E-state index in [1.165, 1.54) is 18.2 Å². The summed E-state index contributed by atoms with van der Waals surface area (Å²) in [6.07, 6.45) is 8.68. The molecule has 4 aromatic heterocycles. The molecule has 0 aromatic carbocycles. The molecule has 2 saturated carbocycles. The molecule has 37 heavy (non-hydrogen) atoms. The predicted molar refractivity (Wildman–Crippen MR) is 132 cm³/mol. The van der Waals surface area contributed by atoms with Crippen LogP contribution in [0.4, 0.5) is 30.6 Å². The zero-order valence-electron chi connectivity index (χ0n) is 19.7. The lowest BCUT2D eigenvalue weighted by Crippen LogP contribution is -2.22. The summed E-state index contributed by atoms with van der Waals surface area (Å²) in [5.41, 5.74) is 2.55. The van der Waals surface area contributed by atoms with Crippen LogP contribution in [0.2, 0.25) is 0 Å². The molecule has 8 nitrogen and oxygen atoms in total. The van der Waals surface area contributed by atoms with Crippen molar-refractivity contribution in [2.24, 2.45) is 11.8 Å². The summed E-state index contributed by atoms with van der Waals surface area (Å²) in [6, 6.07) is 4.16. The van der Waals surface area contributed by atoms with E-state index in [-0.39, 0.29) is 5.82 Å². The lowest BCUT2D eigenvalue weighted by molar-refractivity contribution is 0.421. The van der Waals surface area contributed by atoms with E-state index in [0.717, 1.165) is 42.7 Å². The molecule has 3 aliphatic rings. The molecule has 188 valence electrons. The largest absolute Gasteiger partial charge is 0.366 e. The highest BCUT2D eigenvalue weighted by Gasteiger charge is 2.53. The number of hydrogen-bond donors (Lipinski definition) is 3. The van der Waals surface area contributed by atoms with Gasteiger partial charge in [0.15, 0.2) is 23.3 Å². The van der Waals surface area contributed by atoms with E-state index in [4.69, 9.17) is 9.97 Å². The van der Waals surface area contributed by atoms with Crippen LogP contribution in [0.3, 0.4) is 0 Å². The smallest absolute Gasteiger partial charge is 0.251 e. The third kappa shape index (κ3) is 3.93. The molecule has 2 aliphatic carbocycles. The summed E-state index contributed by atoms with van der Waals surface area (Å²) in [7, 11) is 0. The van der Waals surface area contributed by atoms with Crippen LogP contribution in [0.15, 0.2) is 36.8 Å². The maximum absolute atomic E-state index is 14.1. The van der Waals surface area contributed by atoms with Gasteiger partial charge < -0.3 is 16.0 Å². The molecular formula is C26H23F3N8. The van der Waals surface area contributed by atoms with Gasteiger partial charge in [-0.05, 0) is 48.3 Å². The molecule has 3 N–H and O–H groups in total. The SMILES string of the molecule is Fc1cc(F)c(Nc2cc(-c3nc(NC4[C@H]5CNC[C@@H]45)c4c(C5CCC5)cncc4n3)ccn2)nc1F. The maximum atomic E-state index is 14.1. The van der Waals surface area contributed by atoms with Crippen molar-refractivity contribution >= 4 is 28.4 Å². The Bertz CT molecular complexity index is 1520. The average Bonchev–Trinajstić information content (AvgIpc) is 3.26.